The number of carbonyl (C=O) groups excluding carboxylic acids is 1. The van der Waals surface area contributed by atoms with Crippen molar-refractivity contribution >= 4 is 33.2 Å². The lowest BCUT2D eigenvalue weighted by Gasteiger charge is -2.16. The third-order valence-electron chi connectivity index (χ3n) is 2.49. The minimum absolute atomic E-state index is 0.104. The molecule has 0 fully saturated rings. The van der Waals surface area contributed by atoms with Gasteiger partial charge in [-0.15, -0.1) is 16.4 Å². The minimum atomic E-state index is 0.104. The molecule has 0 unspecified atom stereocenters. The molecule has 0 aliphatic heterocycles. The first-order valence-corrected chi connectivity index (χ1v) is 7.13. The first kappa shape index (κ1) is 13.2. The fourth-order valence-corrected chi connectivity index (χ4v) is 2.74. The van der Waals surface area contributed by atoms with Gasteiger partial charge < -0.3 is 4.90 Å². The normalized spacial score (nSPS) is 10.6. The predicted molar refractivity (Wildman–Crippen MR) is 73.1 cm³/mol. The Balaban J connectivity index is 1.81. The van der Waals surface area contributed by atoms with Crippen LogP contribution in [-0.4, -0.2) is 32.8 Å². The zero-order chi connectivity index (χ0) is 13.0. The molecule has 18 heavy (non-hydrogen) atoms. The second-order valence-corrected chi connectivity index (χ2v) is 6.22. The van der Waals surface area contributed by atoms with Gasteiger partial charge in [0.25, 0.3) is 0 Å². The molecule has 0 aliphatic rings. The van der Waals surface area contributed by atoms with Crippen LogP contribution in [0.15, 0.2) is 27.6 Å². The molecule has 7 heteroatoms. The number of aromatic nitrogens is 3. The number of carbonyl (C=O) groups is 1. The Hall–Kier alpha value is -1.21. The Morgan fingerprint density at radius 1 is 1.61 bits per heavy atom. The molecule has 0 radical (unpaired) electrons. The summed E-state index contributed by atoms with van der Waals surface area (Å²) < 4.78 is 2.74. The molecule has 0 bridgehead atoms. The largest absolute Gasteiger partial charge is 0.341 e. The molecule has 0 spiro atoms. The number of rotatable bonds is 5. The highest BCUT2D eigenvalue weighted by Crippen LogP contribution is 2.21. The van der Waals surface area contributed by atoms with E-state index in [9.17, 15) is 4.79 Å². The van der Waals surface area contributed by atoms with Crippen LogP contribution in [0, 0.1) is 0 Å². The molecule has 0 aliphatic carbocycles. The van der Waals surface area contributed by atoms with Gasteiger partial charge in [0.05, 0.1) is 16.5 Å². The van der Waals surface area contributed by atoms with Crippen LogP contribution in [0.3, 0.4) is 0 Å². The summed E-state index contributed by atoms with van der Waals surface area (Å²) in [6.45, 7) is 1.20. The van der Waals surface area contributed by atoms with Crippen LogP contribution in [0.25, 0.3) is 0 Å². The van der Waals surface area contributed by atoms with Crippen molar-refractivity contribution in [1.82, 2.24) is 19.9 Å². The van der Waals surface area contributed by atoms with Crippen molar-refractivity contribution in [2.75, 3.05) is 7.05 Å². The summed E-state index contributed by atoms with van der Waals surface area (Å²) in [5, 5.41) is 9.57. The van der Waals surface area contributed by atoms with E-state index < -0.39 is 0 Å². The van der Waals surface area contributed by atoms with Crippen LogP contribution >= 0.6 is 27.3 Å². The standard InChI is InChI=1S/C11H13BrN4OS/c1-15(7-9-6-10(12)18-8-9)11(17)2-4-16-5-3-13-14-16/h3,5-6,8H,2,4,7H2,1H3. The summed E-state index contributed by atoms with van der Waals surface area (Å²) in [5.74, 6) is 0.104. The Morgan fingerprint density at radius 3 is 3.06 bits per heavy atom. The van der Waals surface area contributed by atoms with Gasteiger partial charge in [0, 0.05) is 26.2 Å². The van der Waals surface area contributed by atoms with E-state index in [0.717, 1.165) is 9.35 Å². The molecular weight excluding hydrogens is 316 g/mol. The Bertz CT molecular complexity index is 511. The molecule has 0 saturated carbocycles. The highest BCUT2D eigenvalue weighted by Gasteiger charge is 2.10. The second-order valence-electron chi connectivity index (χ2n) is 3.92. The van der Waals surface area contributed by atoms with Gasteiger partial charge in [0.1, 0.15) is 0 Å². The van der Waals surface area contributed by atoms with Crippen molar-refractivity contribution in [1.29, 1.82) is 0 Å². The predicted octanol–water partition coefficient (Wildman–Crippen LogP) is 2.15. The van der Waals surface area contributed by atoms with E-state index in [2.05, 4.69) is 26.2 Å². The Labute approximate surface area is 118 Å². The number of amides is 1. The maximum absolute atomic E-state index is 11.9. The zero-order valence-corrected chi connectivity index (χ0v) is 12.3. The average molecular weight is 329 g/mol. The number of hydrogen-bond acceptors (Lipinski definition) is 4. The minimum Gasteiger partial charge on any atom is -0.341 e. The zero-order valence-electron chi connectivity index (χ0n) is 9.91. The van der Waals surface area contributed by atoms with Crippen molar-refractivity contribution in [3.05, 3.63) is 33.2 Å². The maximum atomic E-state index is 11.9. The molecule has 2 aromatic rings. The summed E-state index contributed by atoms with van der Waals surface area (Å²) >= 11 is 5.04. The van der Waals surface area contributed by atoms with Gasteiger partial charge in [-0.2, -0.15) is 0 Å². The maximum Gasteiger partial charge on any atom is 0.224 e. The van der Waals surface area contributed by atoms with E-state index in [1.807, 2.05) is 18.5 Å². The summed E-state index contributed by atoms with van der Waals surface area (Å²) in [4.78, 5) is 13.6. The van der Waals surface area contributed by atoms with E-state index in [1.165, 1.54) is 0 Å². The van der Waals surface area contributed by atoms with Gasteiger partial charge in [-0.3, -0.25) is 9.48 Å². The van der Waals surface area contributed by atoms with Crippen LogP contribution in [0.2, 0.25) is 0 Å². The molecule has 0 saturated heterocycles. The lowest BCUT2D eigenvalue weighted by atomic mass is 10.3. The molecule has 0 N–H and O–H groups in total. The van der Waals surface area contributed by atoms with Gasteiger partial charge in [-0.05, 0) is 32.9 Å². The SMILES string of the molecule is CN(Cc1csc(Br)c1)C(=O)CCn1ccnn1. The molecule has 0 aromatic carbocycles. The first-order chi connectivity index (χ1) is 8.65. The fourth-order valence-electron chi connectivity index (χ4n) is 1.54. The summed E-state index contributed by atoms with van der Waals surface area (Å²) in [7, 11) is 1.81. The molecule has 2 rings (SSSR count). The smallest absolute Gasteiger partial charge is 0.224 e. The quantitative estimate of drug-likeness (QED) is 0.845. The monoisotopic (exact) mass is 328 g/mol. The fraction of sp³-hybridized carbons (Fsp3) is 0.364. The van der Waals surface area contributed by atoms with E-state index in [4.69, 9.17) is 0 Å². The van der Waals surface area contributed by atoms with Gasteiger partial charge in [-0.25, -0.2) is 0 Å². The lowest BCUT2D eigenvalue weighted by molar-refractivity contribution is -0.130. The molecular formula is C11H13BrN4OS. The van der Waals surface area contributed by atoms with E-state index in [1.54, 1.807) is 33.3 Å². The molecule has 0 atom stereocenters. The summed E-state index contributed by atoms with van der Waals surface area (Å²) in [6, 6.07) is 2.03. The van der Waals surface area contributed by atoms with E-state index in [-0.39, 0.29) is 5.91 Å². The summed E-state index contributed by atoms with van der Waals surface area (Å²) in [6.07, 6.45) is 3.80. The molecule has 5 nitrogen and oxygen atoms in total. The van der Waals surface area contributed by atoms with Crippen molar-refractivity contribution < 1.29 is 4.79 Å². The second kappa shape index (κ2) is 6.10. The number of thiophene rings is 1. The van der Waals surface area contributed by atoms with E-state index in [0.29, 0.717) is 19.5 Å². The lowest BCUT2D eigenvalue weighted by Crippen LogP contribution is -2.26. The summed E-state index contributed by atoms with van der Waals surface area (Å²) in [5.41, 5.74) is 1.14. The highest BCUT2D eigenvalue weighted by atomic mass is 79.9. The molecule has 1 amide bonds. The van der Waals surface area contributed by atoms with Crippen LogP contribution < -0.4 is 0 Å². The van der Waals surface area contributed by atoms with Crippen LogP contribution in [-0.2, 0) is 17.9 Å². The Morgan fingerprint density at radius 2 is 2.44 bits per heavy atom. The van der Waals surface area contributed by atoms with Gasteiger partial charge in [0.2, 0.25) is 5.91 Å². The number of aryl methyl sites for hydroxylation is 1. The van der Waals surface area contributed by atoms with Crippen molar-refractivity contribution in [3.8, 4) is 0 Å². The number of nitrogens with zero attached hydrogens (tertiary/aromatic N) is 4. The first-order valence-electron chi connectivity index (χ1n) is 5.46. The van der Waals surface area contributed by atoms with Crippen molar-refractivity contribution in [2.24, 2.45) is 0 Å². The highest BCUT2D eigenvalue weighted by molar-refractivity contribution is 9.11. The third kappa shape index (κ3) is 3.64. The average Bonchev–Trinajstić information content (AvgIpc) is 2.97. The van der Waals surface area contributed by atoms with Crippen LogP contribution in [0.1, 0.15) is 12.0 Å². The van der Waals surface area contributed by atoms with Crippen molar-refractivity contribution in [3.63, 3.8) is 0 Å². The molecule has 96 valence electrons. The van der Waals surface area contributed by atoms with Crippen LogP contribution in [0.4, 0.5) is 0 Å². The molecule has 2 aromatic heterocycles. The Kier molecular flexibility index (Phi) is 4.48. The van der Waals surface area contributed by atoms with E-state index >= 15 is 0 Å². The van der Waals surface area contributed by atoms with Gasteiger partial charge in [0.15, 0.2) is 0 Å². The number of hydrogen-bond donors (Lipinski definition) is 0. The molecule has 2 heterocycles. The van der Waals surface area contributed by atoms with Gasteiger partial charge >= 0.3 is 0 Å². The van der Waals surface area contributed by atoms with Crippen LogP contribution in [0.5, 0.6) is 0 Å². The van der Waals surface area contributed by atoms with Crippen molar-refractivity contribution in [2.45, 2.75) is 19.5 Å². The number of halogens is 1. The van der Waals surface area contributed by atoms with Gasteiger partial charge in [-0.1, -0.05) is 5.21 Å². The topological polar surface area (TPSA) is 51.0 Å². The third-order valence-corrected chi connectivity index (χ3v) is 4.05.